The fraction of sp³-hybridized carbons (Fsp3) is 0.571. The van der Waals surface area contributed by atoms with E-state index in [-0.39, 0.29) is 13.1 Å². The first-order chi connectivity index (χ1) is 7.54. The van der Waals surface area contributed by atoms with Crippen molar-refractivity contribution < 1.29 is 18.4 Å². The van der Waals surface area contributed by atoms with Gasteiger partial charge in [-0.2, -0.15) is 0 Å². The summed E-state index contributed by atoms with van der Waals surface area (Å²) < 4.78 is 29.4. The van der Waals surface area contributed by atoms with Gasteiger partial charge in [-0.1, -0.05) is 0 Å². The lowest BCUT2D eigenvalue weighted by Crippen LogP contribution is -2.11. The minimum Gasteiger partial charge on any atom is -0.466 e. The lowest BCUT2D eigenvalue weighted by molar-refractivity contribution is -0.386. The largest absolute Gasteiger partial charge is 0.466 e. The van der Waals surface area contributed by atoms with Crippen LogP contribution in [0, 0.1) is 10.1 Å². The van der Waals surface area contributed by atoms with Crippen LogP contribution >= 0.6 is 0 Å². The molecule has 2 N–H and O–H groups in total. The van der Waals surface area contributed by atoms with Crippen molar-refractivity contribution in [2.24, 2.45) is 5.73 Å². The average Bonchev–Trinajstić information content (AvgIpc) is 2.59. The highest BCUT2D eigenvalue weighted by molar-refractivity contribution is 5.38. The summed E-state index contributed by atoms with van der Waals surface area (Å²) in [4.78, 5) is 9.79. The Hall–Kier alpha value is -1.77. The first kappa shape index (κ1) is 12.3. The average molecular weight is 236 g/mol. The molecule has 7 nitrogen and oxygen atoms in total. The Kier molecular flexibility index (Phi) is 4.11. The standard InChI is InChI=1S/C7H10F2N4O3/c8-6(9)4-16-7-5(13(14)15)3-12(11-7)2-1-10/h3,6H,1-2,4,10H2. The number of nitrogens with zero attached hydrogens (tertiary/aromatic N) is 3. The van der Waals surface area contributed by atoms with Gasteiger partial charge >= 0.3 is 11.6 Å². The summed E-state index contributed by atoms with van der Waals surface area (Å²) >= 11 is 0. The molecule has 1 heterocycles. The summed E-state index contributed by atoms with van der Waals surface area (Å²) in [7, 11) is 0. The number of rotatable bonds is 6. The smallest absolute Gasteiger partial charge is 0.350 e. The molecule has 0 aliphatic rings. The molecule has 1 rings (SSSR count). The first-order valence-electron chi connectivity index (χ1n) is 4.37. The first-order valence-corrected chi connectivity index (χ1v) is 4.37. The number of aromatic nitrogens is 2. The molecular formula is C7H10F2N4O3. The number of halogens is 2. The Bertz CT molecular complexity index is 369. The van der Waals surface area contributed by atoms with Crippen LogP contribution in [-0.2, 0) is 6.54 Å². The minimum atomic E-state index is -2.71. The Morgan fingerprint density at radius 1 is 1.69 bits per heavy atom. The topological polar surface area (TPSA) is 96.2 Å². The number of hydrogen-bond donors (Lipinski definition) is 1. The predicted molar refractivity (Wildman–Crippen MR) is 49.4 cm³/mol. The molecule has 0 saturated heterocycles. The van der Waals surface area contributed by atoms with E-state index in [1.54, 1.807) is 0 Å². The van der Waals surface area contributed by atoms with Crippen LogP contribution in [-0.4, -0.2) is 34.3 Å². The molecule has 0 spiro atoms. The minimum absolute atomic E-state index is 0.229. The van der Waals surface area contributed by atoms with Crippen LogP contribution in [0.4, 0.5) is 14.5 Å². The van der Waals surface area contributed by atoms with Crippen molar-refractivity contribution in [3.8, 4) is 5.88 Å². The molecule has 0 aliphatic heterocycles. The highest BCUT2D eigenvalue weighted by Gasteiger charge is 2.21. The summed E-state index contributed by atoms with van der Waals surface area (Å²) in [6, 6.07) is 0. The van der Waals surface area contributed by atoms with Gasteiger partial charge < -0.3 is 10.5 Å². The summed E-state index contributed by atoms with van der Waals surface area (Å²) in [6.45, 7) is -0.452. The van der Waals surface area contributed by atoms with E-state index in [4.69, 9.17) is 5.73 Å². The summed E-state index contributed by atoms with van der Waals surface area (Å²) in [5.41, 5.74) is 4.78. The van der Waals surface area contributed by atoms with Crippen molar-refractivity contribution in [2.45, 2.75) is 13.0 Å². The molecule has 0 fully saturated rings. The van der Waals surface area contributed by atoms with Crippen molar-refractivity contribution >= 4 is 5.69 Å². The van der Waals surface area contributed by atoms with Gasteiger partial charge in [0.1, 0.15) is 6.20 Å². The van der Waals surface area contributed by atoms with Crippen molar-refractivity contribution in [3.63, 3.8) is 0 Å². The molecule has 90 valence electrons. The molecule has 0 bridgehead atoms. The van der Waals surface area contributed by atoms with Crippen LogP contribution in [0.1, 0.15) is 0 Å². The molecular weight excluding hydrogens is 226 g/mol. The molecule has 0 unspecified atom stereocenters. The van der Waals surface area contributed by atoms with E-state index in [2.05, 4.69) is 9.84 Å². The highest BCUT2D eigenvalue weighted by Crippen LogP contribution is 2.24. The Balaban J connectivity index is 2.82. The number of hydrogen-bond acceptors (Lipinski definition) is 5. The molecule has 0 amide bonds. The van der Waals surface area contributed by atoms with E-state index >= 15 is 0 Å². The second-order valence-corrected chi connectivity index (χ2v) is 2.83. The maximum absolute atomic E-state index is 11.9. The van der Waals surface area contributed by atoms with Gasteiger partial charge in [-0.25, -0.2) is 8.78 Å². The zero-order chi connectivity index (χ0) is 12.1. The van der Waals surface area contributed by atoms with Crippen LogP contribution in [0.5, 0.6) is 5.88 Å². The summed E-state index contributed by atoms with van der Waals surface area (Å²) in [5.74, 6) is -0.418. The maximum atomic E-state index is 11.9. The van der Waals surface area contributed by atoms with Gasteiger partial charge in [0, 0.05) is 6.54 Å². The molecule has 0 aliphatic carbocycles. The predicted octanol–water partition coefficient (Wildman–Crippen LogP) is 0.394. The normalized spacial score (nSPS) is 10.8. The molecule has 0 aromatic carbocycles. The highest BCUT2D eigenvalue weighted by atomic mass is 19.3. The van der Waals surface area contributed by atoms with Gasteiger partial charge in [-0.15, -0.1) is 5.10 Å². The number of ether oxygens (including phenoxy) is 1. The van der Waals surface area contributed by atoms with Gasteiger partial charge in [0.15, 0.2) is 6.61 Å². The van der Waals surface area contributed by atoms with Gasteiger partial charge in [0.05, 0.1) is 11.5 Å². The zero-order valence-corrected chi connectivity index (χ0v) is 8.18. The third-order valence-corrected chi connectivity index (χ3v) is 1.61. The van der Waals surface area contributed by atoms with Gasteiger partial charge in [0.25, 0.3) is 6.43 Å². The van der Waals surface area contributed by atoms with Crippen LogP contribution < -0.4 is 10.5 Å². The third-order valence-electron chi connectivity index (χ3n) is 1.61. The Labute approximate surface area is 88.9 Å². The Morgan fingerprint density at radius 3 is 2.88 bits per heavy atom. The zero-order valence-electron chi connectivity index (χ0n) is 8.18. The van der Waals surface area contributed by atoms with E-state index in [1.165, 1.54) is 4.68 Å². The van der Waals surface area contributed by atoms with Gasteiger partial charge in [-0.3, -0.25) is 14.8 Å². The van der Waals surface area contributed by atoms with Gasteiger partial charge in [0.2, 0.25) is 0 Å². The number of alkyl halides is 2. The SMILES string of the molecule is NCCn1cc([N+](=O)[O-])c(OCC(F)F)n1. The maximum Gasteiger partial charge on any atom is 0.350 e. The molecule has 16 heavy (non-hydrogen) atoms. The van der Waals surface area contributed by atoms with Crippen LogP contribution in [0.15, 0.2) is 6.20 Å². The second-order valence-electron chi connectivity index (χ2n) is 2.83. The van der Waals surface area contributed by atoms with Gasteiger partial charge in [-0.05, 0) is 0 Å². The van der Waals surface area contributed by atoms with E-state index < -0.39 is 29.5 Å². The lowest BCUT2D eigenvalue weighted by atomic mass is 10.5. The van der Waals surface area contributed by atoms with Crippen molar-refractivity contribution in [2.75, 3.05) is 13.2 Å². The Morgan fingerprint density at radius 2 is 2.38 bits per heavy atom. The van der Waals surface area contributed by atoms with Crippen molar-refractivity contribution in [3.05, 3.63) is 16.3 Å². The molecule has 0 radical (unpaired) electrons. The lowest BCUT2D eigenvalue weighted by Gasteiger charge is -2.00. The molecule has 9 heteroatoms. The van der Waals surface area contributed by atoms with Crippen LogP contribution in [0.2, 0.25) is 0 Å². The molecule has 1 aromatic heterocycles. The molecule has 0 atom stereocenters. The molecule has 0 saturated carbocycles. The van der Waals surface area contributed by atoms with E-state index in [0.29, 0.717) is 0 Å². The summed E-state index contributed by atoms with van der Waals surface area (Å²) in [6.07, 6.45) is -1.62. The number of nitro groups is 1. The summed E-state index contributed by atoms with van der Waals surface area (Å²) in [5, 5.41) is 14.2. The van der Waals surface area contributed by atoms with E-state index in [1.807, 2.05) is 0 Å². The van der Waals surface area contributed by atoms with E-state index in [9.17, 15) is 18.9 Å². The fourth-order valence-corrected chi connectivity index (χ4v) is 1.01. The fourth-order valence-electron chi connectivity index (χ4n) is 1.01. The third kappa shape index (κ3) is 3.12. The molecule has 1 aromatic rings. The van der Waals surface area contributed by atoms with Crippen LogP contribution in [0.25, 0.3) is 0 Å². The second kappa shape index (κ2) is 5.35. The van der Waals surface area contributed by atoms with Crippen molar-refractivity contribution in [1.82, 2.24) is 9.78 Å². The van der Waals surface area contributed by atoms with E-state index in [0.717, 1.165) is 6.20 Å². The van der Waals surface area contributed by atoms with Crippen molar-refractivity contribution in [1.29, 1.82) is 0 Å². The quantitative estimate of drug-likeness (QED) is 0.569. The monoisotopic (exact) mass is 236 g/mol. The van der Waals surface area contributed by atoms with Crippen LogP contribution in [0.3, 0.4) is 0 Å². The number of nitrogens with two attached hydrogens (primary N) is 1.